The quantitative estimate of drug-likeness (QED) is 0.793. The van der Waals surface area contributed by atoms with Crippen molar-refractivity contribution in [1.82, 2.24) is 9.97 Å². The molecule has 1 aromatic rings. The summed E-state index contributed by atoms with van der Waals surface area (Å²) in [5, 5.41) is 10.2. The number of aromatic nitrogens is 2. The number of halogens is 1. The van der Waals surface area contributed by atoms with Crippen LogP contribution < -0.4 is 4.90 Å². The fourth-order valence-corrected chi connectivity index (χ4v) is 1.96. The van der Waals surface area contributed by atoms with Crippen LogP contribution in [-0.4, -0.2) is 47.0 Å². The van der Waals surface area contributed by atoms with E-state index in [9.17, 15) is 5.11 Å². The molecule has 1 aliphatic rings. The molecule has 1 saturated heterocycles. The Kier molecular flexibility index (Phi) is 3.58. The molecule has 2 rings (SSSR count). The van der Waals surface area contributed by atoms with Crippen LogP contribution in [0.1, 0.15) is 6.92 Å². The topological polar surface area (TPSA) is 58.5 Å². The molecule has 2 atom stereocenters. The van der Waals surface area contributed by atoms with Gasteiger partial charge in [-0.1, -0.05) is 11.6 Å². The summed E-state index contributed by atoms with van der Waals surface area (Å²) < 4.78 is 5.43. The van der Waals surface area contributed by atoms with Crippen molar-refractivity contribution in [3.8, 4) is 0 Å². The summed E-state index contributed by atoms with van der Waals surface area (Å²) >= 11 is 5.79. The Morgan fingerprint density at radius 2 is 2.38 bits per heavy atom. The number of nitrogens with zero attached hydrogens (tertiary/aromatic N) is 3. The highest BCUT2D eigenvalue weighted by molar-refractivity contribution is 6.29. The lowest BCUT2D eigenvalue weighted by atomic mass is 10.3. The Hall–Kier alpha value is -0.910. The molecule has 16 heavy (non-hydrogen) atoms. The number of hydrogen-bond acceptors (Lipinski definition) is 5. The molecule has 88 valence electrons. The zero-order valence-electron chi connectivity index (χ0n) is 9.01. The molecule has 0 unspecified atom stereocenters. The number of ether oxygens (including phenoxy) is 1. The van der Waals surface area contributed by atoms with Crippen molar-refractivity contribution >= 4 is 17.4 Å². The lowest BCUT2D eigenvalue weighted by molar-refractivity contribution is -0.00189. The van der Waals surface area contributed by atoms with E-state index >= 15 is 0 Å². The Bertz CT molecular complexity index is 364. The molecule has 6 heteroatoms. The van der Waals surface area contributed by atoms with Crippen molar-refractivity contribution in [3.63, 3.8) is 0 Å². The minimum absolute atomic E-state index is 0.154. The summed E-state index contributed by atoms with van der Waals surface area (Å²) in [6.07, 6.45) is 0.783. The highest BCUT2D eigenvalue weighted by Crippen LogP contribution is 2.21. The molecule has 0 aromatic carbocycles. The molecule has 1 aromatic heterocycles. The van der Waals surface area contributed by atoms with Crippen LogP contribution in [0.2, 0.25) is 5.15 Å². The van der Waals surface area contributed by atoms with Gasteiger partial charge in [-0.2, -0.15) is 0 Å². The fourth-order valence-electron chi connectivity index (χ4n) is 1.82. The van der Waals surface area contributed by atoms with Crippen LogP contribution in [0.3, 0.4) is 0 Å². The lowest BCUT2D eigenvalue weighted by Gasteiger charge is -2.16. The Balaban J connectivity index is 2.07. The summed E-state index contributed by atoms with van der Waals surface area (Å²) in [6, 6.07) is 1.68. The third kappa shape index (κ3) is 2.42. The largest absolute Gasteiger partial charge is 0.388 e. The van der Waals surface area contributed by atoms with Gasteiger partial charge in [0.25, 0.3) is 0 Å². The summed E-state index contributed by atoms with van der Waals surface area (Å²) in [4.78, 5) is 9.88. The SMILES string of the molecule is CCO[C@@H]1CN(c2cc(Cl)ncn2)C[C@@H]1O. The van der Waals surface area contributed by atoms with Gasteiger partial charge in [0.1, 0.15) is 23.4 Å². The van der Waals surface area contributed by atoms with Gasteiger partial charge < -0.3 is 14.7 Å². The molecule has 0 amide bonds. The van der Waals surface area contributed by atoms with Crippen molar-refractivity contribution in [2.75, 3.05) is 24.6 Å². The predicted molar refractivity (Wildman–Crippen MR) is 60.7 cm³/mol. The van der Waals surface area contributed by atoms with E-state index in [4.69, 9.17) is 16.3 Å². The Morgan fingerprint density at radius 1 is 1.56 bits per heavy atom. The summed E-state index contributed by atoms with van der Waals surface area (Å²) in [5.74, 6) is 0.723. The molecule has 0 bridgehead atoms. The van der Waals surface area contributed by atoms with Crippen molar-refractivity contribution in [2.45, 2.75) is 19.1 Å². The molecule has 0 radical (unpaired) electrons. The smallest absolute Gasteiger partial charge is 0.134 e. The van der Waals surface area contributed by atoms with Gasteiger partial charge in [0.15, 0.2) is 0 Å². The van der Waals surface area contributed by atoms with Gasteiger partial charge in [0.05, 0.1) is 6.10 Å². The number of aliphatic hydroxyl groups excluding tert-OH is 1. The lowest BCUT2D eigenvalue weighted by Crippen LogP contribution is -2.26. The summed E-state index contributed by atoms with van der Waals surface area (Å²) in [5.41, 5.74) is 0. The maximum Gasteiger partial charge on any atom is 0.134 e. The van der Waals surface area contributed by atoms with E-state index < -0.39 is 6.10 Å². The fraction of sp³-hybridized carbons (Fsp3) is 0.600. The molecule has 5 nitrogen and oxygen atoms in total. The molecule has 1 N–H and O–H groups in total. The van der Waals surface area contributed by atoms with Crippen molar-refractivity contribution in [3.05, 3.63) is 17.5 Å². The molecule has 0 spiro atoms. The third-order valence-electron chi connectivity index (χ3n) is 2.56. The minimum atomic E-state index is -0.478. The van der Waals surface area contributed by atoms with Gasteiger partial charge >= 0.3 is 0 Å². The second kappa shape index (κ2) is 4.95. The first-order chi connectivity index (χ1) is 7.70. The number of rotatable bonds is 3. The van der Waals surface area contributed by atoms with E-state index in [-0.39, 0.29) is 6.10 Å². The first-order valence-corrected chi connectivity index (χ1v) is 5.60. The first-order valence-electron chi connectivity index (χ1n) is 5.23. The highest BCUT2D eigenvalue weighted by atomic mass is 35.5. The molecule has 1 fully saturated rings. The zero-order valence-corrected chi connectivity index (χ0v) is 9.76. The first kappa shape index (κ1) is 11.6. The van der Waals surface area contributed by atoms with Gasteiger partial charge in [-0.25, -0.2) is 9.97 Å². The maximum absolute atomic E-state index is 9.78. The van der Waals surface area contributed by atoms with Crippen LogP contribution in [-0.2, 0) is 4.74 Å². The molecule has 0 aliphatic carbocycles. The van der Waals surface area contributed by atoms with E-state index in [0.717, 1.165) is 5.82 Å². The number of aliphatic hydroxyl groups is 1. The monoisotopic (exact) mass is 243 g/mol. The predicted octanol–water partition coefficient (Wildman–Crippen LogP) is 0.716. The van der Waals surface area contributed by atoms with Gasteiger partial charge in [0.2, 0.25) is 0 Å². The van der Waals surface area contributed by atoms with Crippen LogP contribution in [0.5, 0.6) is 0 Å². The van der Waals surface area contributed by atoms with Crippen molar-refractivity contribution < 1.29 is 9.84 Å². The average Bonchev–Trinajstić information content (AvgIpc) is 2.61. The van der Waals surface area contributed by atoms with E-state index in [1.807, 2.05) is 11.8 Å². The molecule has 1 aliphatic heterocycles. The molecule has 0 saturated carbocycles. The second-order valence-corrected chi connectivity index (χ2v) is 4.05. The zero-order chi connectivity index (χ0) is 11.5. The van der Waals surface area contributed by atoms with Crippen molar-refractivity contribution in [2.24, 2.45) is 0 Å². The third-order valence-corrected chi connectivity index (χ3v) is 2.77. The van der Waals surface area contributed by atoms with E-state index in [2.05, 4.69) is 9.97 Å². The normalized spacial score (nSPS) is 25.1. The Morgan fingerprint density at radius 3 is 3.06 bits per heavy atom. The van der Waals surface area contributed by atoms with Crippen molar-refractivity contribution in [1.29, 1.82) is 0 Å². The second-order valence-electron chi connectivity index (χ2n) is 3.67. The molecule has 2 heterocycles. The van der Waals surface area contributed by atoms with Crippen LogP contribution in [0, 0.1) is 0 Å². The van der Waals surface area contributed by atoms with Crippen LogP contribution in [0.15, 0.2) is 12.4 Å². The Labute approximate surface area is 99.0 Å². The summed E-state index contributed by atoms with van der Waals surface area (Å²) in [7, 11) is 0. The van der Waals surface area contributed by atoms with Gasteiger partial charge in [-0.15, -0.1) is 0 Å². The van der Waals surface area contributed by atoms with Crippen LogP contribution >= 0.6 is 11.6 Å². The van der Waals surface area contributed by atoms with E-state index in [0.29, 0.717) is 24.8 Å². The molecular weight excluding hydrogens is 230 g/mol. The minimum Gasteiger partial charge on any atom is -0.388 e. The standard InChI is InChI=1S/C10H14ClN3O2/c1-2-16-8-5-14(4-7(8)15)10-3-9(11)12-6-13-10/h3,6-8,15H,2,4-5H2,1H3/t7-,8+/m0/s1. The van der Waals surface area contributed by atoms with Gasteiger partial charge in [-0.05, 0) is 6.92 Å². The molecular formula is C10H14ClN3O2. The average molecular weight is 244 g/mol. The van der Waals surface area contributed by atoms with Crippen LogP contribution in [0.25, 0.3) is 0 Å². The number of hydrogen-bond donors (Lipinski definition) is 1. The maximum atomic E-state index is 9.78. The number of β-amino-alcohol motifs (C(OH)–C–C–N with tert-alkyl or cyclic N) is 1. The van der Waals surface area contributed by atoms with E-state index in [1.165, 1.54) is 6.33 Å². The van der Waals surface area contributed by atoms with Gasteiger partial charge in [0, 0.05) is 25.8 Å². The van der Waals surface area contributed by atoms with Gasteiger partial charge in [-0.3, -0.25) is 0 Å². The van der Waals surface area contributed by atoms with E-state index in [1.54, 1.807) is 6.07 Å². The summed E-state index contributed by atoms with van der Waals surface area (Å²) in [6.45, 7) is 3.65. The highest BCUT2D eigenvalue weighted by Gasteiger charge is 2.32. The number of anilines is 1. The van der Waals surface area contributed by atoms with Crippen LogP contribution in [0.4, 0.5) is 5.82 Å².